The van der Waals surface area contributed by atoms with E-state index in [1.54, 1.807) is 42.6 Å². The zero-order valence-electron chi connectivity index (χ0n) is 16.0. The summed E-state index contributed by atoms with van der Waals surface area (Å²) in [7, 11) is 0. The molecule has 0 aliphatic carbocycles. The molecule has 0 bridgehead atoms. The van der Waals surface area contributed by atoms with Gasteiger partial charge in [0.05, 0.1) is 5.52 Å². The number of nitrogens with one attached hydrogen (secondary N) is 1. The number of aryl methyl sites for hydroxylation is 1. The Morgan fingerprint density at radius 2 is 1.93 bits per heavy atom. The number of rotatable bonds is 5. The molecule has 2 aromatic heterocycles. The van der Waals surface area contributed by atoms with Crippen molar-refractivity contribution >= 4 is 22.7 Å². The van der Waals surface area contributed by atoms with Crippen LogP contribution >= 0.6 is 0 Å². The number of nitrogens with zero attached hydrogens (tertiary/aromatic N) is 2. The van der Waals surface area contributed by atoms with Crippen molar-refractivity contribution in [2.75, 3.05) is 5.32 Å². The van der Waals surface area contributed by atoms with Gasteiger partial charge < -0.3 is 14.5 Å². The summed E-state index contributed by atoms with van der Waals surface area (Å²) in [6.07, 6.45) is 1.59. The van der Waals surface area contributed by atoms with Crippen LogP contribution in [0.2, 0.25) is 0 Å². The summed E-state index contributed by atoms with van der Waals surface area (Å²) in [5, 5.41) is 2.77. The molecule has 0 fully saturated rings. The second kappa shape index (κ2) is 7.63. The van der Waals surface area contributed by atoms with Crippen molar-refractivity contribution in [3.05, 3.63) is 82.5 Å². The van der Waals surface area contributed by atoms with E-state index >= 15 is 0 Å². The van der Waals surface area contributed by atoms with Crippen LogP contribution in [0.1, 0.15) is 11.1 Å². The van der Waals surface area contributed by atoms with Gasteiger partial charge in [0.1, 0.15) is 18.0 Å². The number of oxazole rings is 1. The maximum absolute atomic E-state index is 12.6. The molecular formula is C22H19N3O4. The molecule has 0 saturated heterocycles. The second-order valence-corrected chi connectivity index (χ2v) is 6.63. The van der Waals surface area contributed by atoms with Gasteiger partial charge in [-0.1, -0.05) is 24.3 Å². The summed E-state index contributed by atoms with van der Waals surface area (Å²) in [5.74, 6) is -0.0351. The molecule has 2 aromatic carbocycles. The number of hydrogen-bond acceptors (Lipinski definition) is 5. The lowest BCUT2D eigenvalue weighted by Gasteiger charge is -2.13. The topological polar surface area (TPSA) is 86.4 Å². The van der Waals surface area contributed by atoms with Gasteiger partial charge >= 0.3 is 5.76 Å². The number of hydrogen-bond donors (Lipinski definition) is 1. The first-order valence-corrected chi connectivity index (χ1v) is 9.10. The Balaban J connectivity index is 1.57. The summed E-state index contributed by atoms with van der Waals surface area (Å²) >= 11 is 0. The minimum Gasteiger partial charge on any atom is -0.437 e. The highest BCUT2D eigenvalue weighted by atomic mass is 16.5. The van der Waals surface area contributed by atoms with Crippen LogP contribution in [0, 0.1) is 13.8 Å². The van der Waals surface area contributed by atoms with E-state index < -0.39 is 11.7 Å². The number of carbonyl (C=O) groups excluding carboxylic acids is 1. The Kier molecular flexibility index (Phi) is 4.87. The fourth-order valence-corrected chi connectivity index (χ4v) is 3.00. The van der Waals surface area contributed by atoms with Crippen LogP contribution in [0.25, 0.3) is 11.1 Å². The molecule has 0 unspecified atom stereocenters. The van der Waals surface area contributed by atoms with E-state index in [1.807, 2.05) is 32.0 Å². The monoisotopic (exact) mass is 389 g/mol. The molecule has 4 rings (SSSR count). The first-order valence-electron chi connectivity index (χ1n) is 9.10. The van der Waals surface area contributed by atoms with Gasteiger partial charge in [-0.05, 0) is 55.3 Å². The minimum absolute atomic E-state index is 0.187. The van der Waals surface area contributed by atoms with Gasteiger partial charge in [0.25, 0.3) is 0 Å². The lowest BCUT2D eigenvalue weighted by Crippen LogP contribution is -2.25. The van der Waals surface area contributed by atoms with E-state index in [0.29, 0.717) is 22.5 Å². The number of aromatic nitrogens is 2. The average molecular weight is 389 g/mol. The largest absolute Gasteiger partial charge is 0.437 e. The van der Waals surface area contributed by atoms with Crippen molar-refractivity contribution in [2.45, 2.75) is 20.4 Å². The van der Waals surface area contributed by atoms with E-state index in [4.69, 9.17) is 9.15 Å². The molecule has 4 aromatic rings. The van der Waals surface area contributed by atoms with E-state index in [9.17, 15) is 9.59 Å². The Morgan fingerprint density at radius 1 is 1.10 bits per heavy atom. The zero-order chi connectivity index (χ0) is 20.4. The number of para-hydroxylation sites is 2. The molecule has 0 aliphatic heterocycles. The van der Waals surface area contributed by atoms with Crippen LogP contribution in [-0.2, 0) is 11.3 Å². The number of fused-ring (bicyclic) bond motifs is 1. The van der Waals surface area contributed by atoms with E-state index in [-0.39, 0.29) is 12.4 Å². The number of pyridine rings is 1. The summed E-state index contributed by atoms with van der Waals surface area (Å²) in [5.41, 5.74) is 3.50. The highest BCUT2D eigenvalue weighted by molar-refractivity contribution is 5.92. The van der Waals surface area contributed by atoms with Gasteiger partial charge in [0, 0.05) is 6.20 Å². The van der Waals surface area contributed by atoms with Gasteiger partial charge in [-0.2, -0.15) is 0 Å². The summed E-state index contributed by atoms with van der Waals surface area (Å²) in [4.78, 5) is 28.9. The summed E-state index contributed by atoms with van der Waals surface area (Å²) in [6.45, 7) is 3.77. The molecule has 0 spiro atoms. The zero-order valence-corrected chi connectivity index (χ0v) is 16.0. The standard InChI is InChI=1S/C22H19N3O4/c1-14-7-5-11-18(15(14)2)28-21-16(8-6-12-23-21)24-20(26)13-25-17-9-3-4-10-19(17)29-22(25)27/h3-12H,13H2,1-2H3,(H,24,26). The smallest absolute Gasteiger partial charge is 0.420 e. The SMILES string of the molecule is Cc1cccc(Oc2ncccc2NC(=O)Cn2c(=O)oc3ccccc32)c1C. The predicted octanol–water partition coefficient (Wildman–Crippen LogP) is 4.04. The van der Waals surface area contributed by atoms with E-state index in [2.05, 4.69) is 10.3 Å². The number of carbonyl (C=O) groups is 1. The molecular weight excluding hydrogens is 370 g/mol. The van der Waals surface area contributed by atoms with Gasteiger partial charge in [-0.25, -0.2) is 9.78 Å². The van der Waals surface area contributed by atoms with Crippen LogP contribution in [0.15, 0.2) is 70.0 Å². The Hall–Kier alpha value is -3.87. The fraction of sp³-hybridized carbons (Fsp3) is 0.136. The van der Waals surface area contributed by atoms with Crippen molar-refractivity contribution < 1.29 is 13.9 Å². The first-order chi connectivity index (χ1) is 14.0. The van der Waals surface area contributed by atoms with Gasteiger partial charge in [-0.3, -0.25) is 9.36 Å². The van der Waals surface area contributed by atoms with Gasteiger partial charge in [-0.15, -0.1) is 0 Å². The molecule has 2 heterocycles. The third kappa shape index (κ3) is 3.75. The molecule has 0 saturated carbocycles. The van der Waals surface area contributed by atoms with E-state index in [1.165, 1.54) is 4.57 Å². The molecule has 0 atom stereocenters. The van der Waals surface area contributed by atoms with Crippen molar-refractivity contribution in [2.24, 2.45) is 0 Å². The Morgan fingerprint density at radius 3 is 2.79 bits per heavy atom. The fourth-order valence-electron chi connectivity index (χ4n) is 3.00. The van der Waals surface area contributed by atoms with Crippen LogP contribution in [0.4, 0.5) is 5.69 Å². The normalized spacial score (nSPS) is 10.8. The number of ether oxygens (including phenoxy) is 1. The number of anilines is 1. The van der Waals surface area contributed by atoms with Crippen molar-refractivity contribution in [1.29, 1.82) is 0 Å². The third-order valence-electron chi connectivity index (χ3n) is 4.68. The average Bonchev–Trinajstić information content (AvgIpc) is 3.02. The maximum atomic E-state index is 12.6. The summed E-state index contributed by atoms with van der Waals surface area (Å²) in [6, 6.07) is 16.1. The van der Waals surface area contributed by atoms with E-state index in [0.717, 1.165) is 11.1 Å². The number of benzene rings is 2. The van der Waals surface area contributed by atoms with Gasteiger partial charge in [0.15, 0.2) is 5.58 Å². The van der Waals surface area contributed by atoms with Crippen LogP contribution in [0.5, 0.6) is 11.6 Å². The molecule has 29 heavy (non-hydrogen) atoms. The van der Waals surface area contributed by atoms with Crippen LogP contribution in [0.3, 0.4) is 0 Å². The molecule has 1 N–H and O–H groups in total. The molecule has 7 nitrogen and oxygen atoms in total. The quantitative estimate of drug-likeness (QED) is 0.557. The van der Waals surface area contributed by atoms with Crippen LogP contribution < -0.4 is 15.8 Å². The Bertz CT molecular complexity index is 1260. The van der Waals surface area contributed by atoms with Crippen molar-refractivity contribution in [1.82, 2.24) is 9.55 Å². The highest BCUT2D eigenvalue weighted by Gasteiger charge is 2.15. The molecule has 0 aliphatic rings. The lowest BCUT2D eigenvalue weighted by atomic mass is 10.1. The van der Waals surface area contributed by atoms with Crippen molar-refractivity contribution in [3.8, 4) is 11.6 Å². The number of amides is 1. The summed E-state index contributed by atoms with van der Waals surface area (Å²) < 4.78 is 12.4. The van der Waals surface area contributed by atoms with Crippen LogP contribution in [-0.4, -0.2) is 15.5 Å². The Labute approximate surface area is 166 Å². The molecule has 0 radical (unpaired) electrons. The highest BCUT2D eigenvalue weighted by Crippen LogP contribution is 2.30. The minimum atomic E-state index is -0.584. The van der Waals surface area contributed by atoms with Gasteiger partial charge in [0.2, 0.25) is 11.8 Å². The second-order valence-electron chi connectivity index (χ2n) is 6.63. The molecule has 1 amide bonds. The molecule has 7 heteroatoms. The lowest BCUT2D eigenvalue weighted by molar-refractivity contribution is -0.116. The first kappa shape index (κ1) is 18.5. The molecule has 146 valence electrons. The third-order valence-corrected chi connectivity index (χ3v) is 4.68. The van der Waals surface area contributed by atoms with Crippen molar-refractivity contribution in [3.63, 3.8) is 0 Å². The maximum Gasteiger partial charge on any atom is 0.420 e. The predicted molar refractivity (Wildman–Crippen MR) is 109 cm³/mol.